The molecule has 576 valence electrons. The Kier molecular flexibility index (Phi) is 67.1. The highest BCUT2D eigenvalue weighted by atomic mass is 31.2. The van der Waals surface area contributed by atoms with Crippen molar-refractivity contribution in [3.05, 3.63) is 0 Å². The van der Waals surface area contributed by atoms with Crippen molar-refractivity contribution in [1.29, 1.82) is 0 Å². The Bertz CT molecular complexity index is 1890. The molecular weight excluding hydrogens is 1270 g/mol. The summed E-state index contributed by atoms with van der Waals surface area (Å²) < 4.78 is 68.6. The van der Waals surface area contributed by atoms with Gasteiger partial charge in [0.15, 0.2) is 12.2 Å². The van der Waals surface area contributed by atoms with Crippen molar-refractivity contribution in [1.82, 2.24) is 0 Å². The van der Waals surface area contributed by atoms with Gasteiger partial charge in [-0.25, -0.2) is 9.13 Å². The van der Waals surface area contributed by atoms with E-state index in [4.69, 9.17) is 37.0 Å². The minimum Gasteiger partial charge on any atom is -0.462 e. The van der Waals surface area contributed by atoms with Crippen LogP contribution in [-0.2, 0) is 65.4 Å². The van der Waals surface area contributed by atoms with Crippen LogP contribution >= 0.6 is 15.6 Å². The average Bonchev–Trinajstić information content (AvgIpc) is 1.10. The summed E-state index contributed by atoms with van der Waals surface area (Å²) in [6, 6.07) is 0. The number of phosphoric acid groups is 2. The summed E-state index contributed by atoms with van der Waals surface area (Å²) in [4.78, 5) is 72.9. The van der Waals surface area contributed by atoms with Crippen molar-refractivity contribution in [2.24, 2.45) is 17.8 Å². The number of phosphoric ester groups is 2. The number of aliphatic hydroxyl groups is 1. The largest absolute Gasteiger partial charge is 0.472 e. The van der Waals surface area contributed by atoms with Gasteiger partial charge in [0.2, 0.25) is 0 Å². The summed E-state index contributed by atoms with van der Waals surface area (Å²) in [6.45, 7) is 11.9. The lowest BCUT2D eigenvalue weighted by molar-refractivity contribution is -0.161. The van der Waals surface area contributed by atoms with Crippen molar-refractivity contribution < 1.29 is 80.2 Å². The quantitative estimate of drug-likeness (QED) is 0.0222. The number of carbonyl (C=O) groups excluding carboxylic acids is 4. The van der Waals surface area contributed by atoms with E-state index in [-0.39, 0.29) is 25.7 Å². The molecule has 3 unspecified atom stereocenters. The number of unbranched alkanes of at least 4 members (excludes halogenated alkanes) is 43. The van der Waals surface area contributed by atoms with Gasteiger partial charge < -0.3 is 33.8 Å². The van der Waals surface area contributed by atoms with Gasteiger partial charge in [-0.15, -0.1) is 0 Å². The molecular formula is C78H152O17P2. The number of ether oxygens (including phenoxy) is 4. The van der Waals surface area contributed by atoms with Crippen molar-refractivity contribution >= 4 is 39.5 Å². The Hall–Kier alpha value is -1.94. The molecule has 0 aromatic rings. The first-order valence-electron chi connectivity index (χ1n) is 40.4. The normalized spacial score (nSPS) is 14.3. The molecule has 0 aromatic carbocycles. The van der Waals surface area contributed by atoms with Gasteiger partial charge in [0.25, 0.3) is 0 Å². The third-order valence-electron chi connectivity index (χ3n) is 18.5. The maximum absolute atomic E-state index is 13.1. The number of hydrogen-bond acceptors (Lipinski definition) is 15. The summed E-state index contributed by atoms with van der Waals surface area (Å²) >= 11 is 0. The fourth-order valence-corrected chi connectivity index (χ4v) is 13.5. The minimum atomic E-state index is -4.96. The molecule has 0 aliphatic rings. The van der Waals surface area contributed by atoms with E-state index >= 15 is 0 Å². The molecule has 97 heavy (non-hydrogen) atoms. The molecule has 0 rings (SSSR count). The molecule has 0 spiro atoms. The lowest BCUT2D eigenvalue weighted by atomic mass is 10.00. The Labute approximate surface area is 594 Å². The maximum atomic E-state index is 13.1. The van der Waals surface area contributed by atoms with E-state index in [9.17, 15) is 43.2 Å². The Morgan fingerprint density at radius 2 is 0.526 bits per heavy atom. The Morgan fingerprint density at radius 3 is 0.784 bits per heavy atom. The molecule has 0 aromatic heterocycles. The number of aliphatic hydroxyl groups excluding tert-OH is 1. The topological polar surface area (TPSA) is 237 Å². The highest BCUT2D eigenvalue weighted by Gasteiger charge is 2.30. The highest BCUT2D eigenvalue weighted by Crippen LogP contribution is 2.45. The first-order chi connectivity index (χ1) is 46.8. The summed E-state index contributed by atoms with van der Waals surface area (Å²) in [7, 11) is -9.92. The van der Waals surface area contributed by atoms with Crippen LogP contribution in [0.2, 0.25) is 0 Å². The van der Waals surface area contributed by atoms with Crippen molar-refractivity contribution in [3.63, 3.8) is 0 Å². The third-order valence-corrected chi connectivity index (χ3v) is 20.4. The van der Waals surface area contributed by atoms with E-state index in [0.717, 1.165) is 114 Å². The van der Waals surface area contributed by atoms with Crippen molar-refractivity contribution in [3.8, 4) is 0 Å². The predicted molar refractivity (Wildman–Crippen MR) is 395 cm³/mol. The summed E-state index contributed by atoms with van der Waals surface area (Å²) in [6.07, 6.45) is 55.6. The van der Waals surface area contributed by atoms with E-state index in [0.29, 0.717) is 25.7 Å². The molecule has 0 aliphatic carbocycles. The van der Waals surface area contributed by atoms with E-state index < -0.39 is 97.5 Å². The van der Waals surface area contributed by atoms with Crippen LogP contribution in [0.3, 0.4) is 0 Å². The van der Waals surface area contributed by atoms with E-state index in [2.05, 4.69) is 48.5 Å². The van der Waals surface area contributed by atoms with Gasteiger partial charge in [-0.05, 0) is 43.4 Å². The lowest BCUT2D eigenvalue weighted by Crippen LogP contribution is -2.30. The second kappa shape index (κ2) is 68.5. The molecule has 0 radical (unpaired) electrons. The van der Waals surface area contributed by atoms with Crippen LogP contribution in [0.5, 0.6) is 0 Å². The zero-order valence-corrected chi connectivity index (χ0v) is 65.3. The first kappa shape index (κ1) is 95.1. The standard InChI is InChI=1S/C78H152O17P2/c1-8-10-11-12-13-14-15-16-17-18-19-20-21-22-27-33-38-47-54-61-77(82)94-73(65-88-75(80)59-52-45-37-32-26-24-23-25-30-35-42-49-56-69(3)4)67-92-96(84,85)90-63-72(79)64-91-97(86,87)93-68-74(66-89-76(81)60-53-46-41-40-44-51-58-71(7)9-2)95-78(83)62-55-48-39-34-29-28-31-36-43-50-57-70(5)6/h69-74,79H,8-68H2,1-7H3,(H,84,85)(H,86,87)/t71?,72-,73-,74-/m1/s1. The number of esters is 4. The van der Waals surface area contributed by atoms with Crippen LogP contribution in [0.25, 0.3) is 0 Å². The van der Waals surface area contributed by atoms with Crippen molar-refractivity contribution in [2.45, 2.75) is 420 Å². The van der Waals surface area contributed by atoms with Crippen LogP contribution in [0, 0.1) is 17.8 Å². The van der Waals surface area contributed by atoms with Crippen LogP contribution in [0.1, 0.15) is 402 Å². The molecule has 0 saturated carbocycles. The molecule has 6 atom stereocenters. The fraction of sp³-hybridized carbons (Fsp3) is 0.949. The molecule has 0 saturated heterocycles. The average molecular weight is 1420 g/mol. The van der Waals surface area contributed by atoms with Gasteiger partial charge in [0.1, 0.15) is 19.3 Å². The zero-order chi connectivity index (χ0) is 71.6. The monoisotopic (exact) mass is 1420 g/mol. The highest BCUT2D eigenvalue weighted by molar-refractivity contribution is 7.47. The number of carbonyl (C=O) groups is 4. The van der Waals surface area contributed by atoms with Gasteiger partial charge >= 0.3 is 39.5 Å². The van der Waals surface area contributed by atoms with Gasteiger partial charge in [0.05, 0.1) is 26.4 Å². The number of hydrogen-bond donors (Lipinski definition) is 3. The van der Waals surface area contributed by atoms with Crippen LogP contribution in [-0.4, -0.2) is 96.7 Å². The van der Waals surface area contributed by atoms with Gasteiger partial charge in [-0.3, -0.25) is 37.3 Å². The van der Waals surface area contributed by atoms with E-state index in [1.165, 1.54) is 205 Å². The van der Waals surface area contributed by atoms with Gasteiger partial charge in [0, 0.05) is 25.7 Å². The molecule has 19 heteroatoms. The maximum Gasteiger partial charge on any atom is 0.472 e. The van der Waals surface area contributed by atoms with Crippen LogP contribution in [0.4, 0.5) is 0 Å². The van der Waals surface area contributed by atoms with Crippen molar-refractivity contribution in [2.75, 3.05) is 39.6 Å². The smallest absolute Gasteiger partial charge is 0.462 e. The van der Waals surface area contributed by atoms with E-state index in [1.807, 2.05) is 0 Å². The summed E-state index contributed by atoms with van der Waals surface area (Å²) in [5.74, 6) is 0.148. The third kappa shape index (κ3) is 70.9. The molecule has 0 bridgehead atoms. The second-order valence-electron chi connectivity index (χ2n) is 29.3. The number of rotatable bonds is 76. The molecule has 17 nitrogen and oxygen atoms in total. The Balaban J connectivity index is 5.24. The molecule has 0 heterocycles. The van der Waals surface area contributed by atoms with E-state index in [1.54, 1.807) is 0 Å². The van der Waals surface area contributed by atoms with Crippen LogP contribution < -0.4 is 0 Å². The fourth-order valence-electron chi connectivity index (χ4n) is 11.9. The molecule has 0 amide bonds. The zero-order valence-electron chi connectivity index (χ0n) is 63.5. The minimum absolute atomic E-state index is 0.105. The van der Waals surface area contributed by atoms with Gasteiger partial charge in [-0.1, -0.05) is 350 Å². The lowest BCUT2D eigenvalue weighted by Gasteiger charge is -2.21. The SMILES string of the molecule is CCCCCCCCCCCCCCCCCCCCCC(=O)O[C@H](COC(=O)CCCCCCCCCCCCCCC(C)C)COP(=O)(O)OC[C@@H](O)COP(=O)(O)OC[C@@H](COC(=O)CCCCCCCCC(C)CC)OC(=O)CCCCCCCCCCCCC(C)C. The molecule has 0 aliphatic heterocycles. The predicted octanol–water partition coefficient (Wildman–Crippen LogP) is 23.0. The molecule has 3 N–H and O–H groups in total. The Morgan fingerprint density at radius 1 is 0.299 bits per heavy atom. The first-order valence-corrected chi connectivity index (χ1v) is 43.4. The second-order valence-corrected chi connectivity index (χ2v) is 32.2. The molecule has 0 fully saturated rings. The summed E-state index contributed by atoms with van der Waals surface area (Å²) in [5, 5.41) is 10.6. The summed E-state index contributed by atoms with van der Waals surface area (Å²) in [5.41, 5.74) is 0. The van der Waals surface area contributed by atoms with Gasteiger partial charge in [-0.2, -0.15) is 0 Å². The van der Waals surface area contributed by atoms with Crippen LogP contribution in [0.15, 0.2) is 0 Å².